The maximum Gasteiger partial charge on any atom is 0.188 e. The first kappa shape index (κ1) is 32.1. The Morgan fingerprint density at radius 2 is 0.912 bits per heavy atom. The van der Waals surface area contributed by atoms with E-state index in [0.717, 1.165) is 82.8 Å². The van der Waals surface area contributed by atoms with Crippen molar-refractivity contribution >= 4 is 76.8 Å². The molecule has 11 aromatic rings. The van der Waals surface area contributed by atoms with Gasteiger partial charge in [-0.2, -0.15) is 5.26 Å². The molecule has 8 aromatic carbocycles. The number of aromatic nitrogens is 3. The SMILES string of the molecule is [C-]#[N+]c1ccc2c(c1)c1ccc(-n3c4ccccc4c4ccccc43)cc1n2-c1cc(C#N)cc(-c2ccccc2-n2c3ccccc3c3cc([N+]#[C-])ccc32)c1. The standard InChI is InChI=1S/C51H28N6/c1-53-34-19-23-49-44(29-34)42-22-21-36(55-46-16-8-4-12-39(46)40-13-5-9-17-47(40)55)30-51(42)56(49)37-26-32(31-52)25-33(27-37)38-11-3-7-15-45(38)57-48-18-10-6-14-41(48)43-28-35(54-2)20-24-50(43)57/h3-30H. The maximum absolute atomic E-state index is 10.6. The van der Waals surface area contributed by atoms with E-state index >= 15 is 0 Å². The smallest absolute Gasteiger partial charge is 0.188 e. The van der Waals surface area contributed by atoms with Crippen LogP contribution in [-0.2, 0) is 0 Å². The van der Waals surface area contributed by atoms with E-state index in [-0.39, 0.29) is 0 Å². The molecule has 3 aromatic heterocycles. The molecule has 6 nitrogen and oxygen atoms in total. The van der Waals surface area contributed by atoms with Gasteiger partial charge >= 0.3 is 0 Å². The number of nitriles is 1. The van der Waals surface area contributed by atoms with Gasteiger partial charge in [0.1, 0.15) is 0 Å². The van der Waals surface area contributed by atoms with Crippen LogP contribution >= 0.6 is 0 Å². The summed E-state index contributed by atoms with van der Waals surface area (Å²) in [6.45, 7) is 15.5. The third-order valence-electron chi connectivity index (χ3n) is 11.2. The van der Waals surface area contributed by atoms with Crippen LogP contribution in [0.25, 0.3) is 103 Å². The molecule has 0 N–H and O–H groups in total. The highest BCUT2D eigenvalue weighted by molar-refractivity contribution is 6.13. The molecule has 0 aliphatic carbocycles. The highest BCUT2D eigenvalue weighted by Gasteiger charge is 2.20. The Hall–Kier alpha value is -8.37. The maximum atomic E-state index is 10.6. The lowest BCUT2D eigenvalue weighted by molar-refractivity contribution is 1.15. The molecule has 6 heteroatoms. The van der Waals surface area contributed by atoms with Gasteiger partial charge in [0.05, 0.1) is 63.6 Å². The topological polar surface area (TPSA) is 47.3 Å². The largest absolute Gasteiger partial charge is 0.309 e. The first-order chi connectivity index (χ1) is 28.1. The van der Waals surface area contributed by atoms with Crippen molar-refractivity contribution in [2.75, 3.05) is 0 Å². The number of para-hydroxylation sites is 4. The Kier molecular flexibility index (Phi) is 6.95. The van der Waals surface area contributed by atoms with E-state index in [1.54, 1.807) is 0 Å². The highest BCUT2D eigenvalue weighted by Crippen LogP contribution is 2.41. The number of rotatable bonds is 4. The average molecular weight is 725 g/mol. The molecule has 0 saturated heterocycles. The Bertz CT molecular complexity index is 3580. The molecule has 0 amide bonds. The summed E-state index contributed by atoms with van der Waals surface area (Å²) < 4.78 is 6.81. The third kappa shape index (κ3) is 4.74. The molecular weight excluding hydrogens is 697 g/mol. The molecule has 0 fully saturated rings. The molecule has 11 rings (SSSR count). The van der Waals surface area contributed by atoms with Crippen LogP contribution in [0.2, 0.25) is 0 Å². The van der Waals surface area contributed by atoms with E-state index in [2.05, 4.69) is 127 Å². The first-order valence-corrected chi connectivity index (χ1v) is 18.6. The second-order valence-electron chi connectivity index (χ2n) is 14.3. The summed E-state index contributed by atoms with van der Waals surface area (Å²) >= 11 is 0. The van der Waals surface area contributed by atoms with Gasteiger partial charge in [0.2, 0.25) is 0 Å². The van der Waals surface area contributed by atoms with E-state index in [1.807, 2.05) is 72.8 Å². The van der Waals surface area contributed by atoms with Crippen LogP contribution in [0.15, 0.2) is 170 Å². The number of hydrogen-bond donors (Lipinski definition) is 0. The van der Waals surface area contributed by atoms with Gasteiger partial charge in [-0.05, 0) is 95.2 Å². The second kappa shape index (κ2) is 12.3. The normalized spacial score (nSPS) is 11.5. The van der Waals surface area contributed by atoms with Gasteiger partial charge in [0.15, 0.2) is 11.4 Å². The van der Waals surface area contributed by atoms with E-state index in [0.29, 0.717) is 16.9 Å². The number of hydrogen-bond acceptors (Lipinski definition) is 1. The second-order valence-corrected chi connectivity index (χ2v) is 14.3. The van der Waals surface area contributed by atoms with Crippen molar-refractivity contribution < 1.29 is 0 Å². The van der Waals surface area contributed by atoms with E-state index in [1.165, 1.54) is 10.8 Å². The Labute approximate surface area is 327 Å². The lowest BCUT2D eigenvalue weighted by Gasteiger charge is -2.16. The van der Waals surface area contributed by atoms with Gasteiger partial charge in [-0.25, -0.2) is 9.69 Å². The van der Waals surface area contributed by atoms with Crippen LogP contribution in [0, 0.1) is 24.5 Å². The lowest BCUT2D eigenvalue weighted by atomic mass is 10.00. The first-order valence-electron chi connectivity index (χ1n) is 18.6. The van der Waals surface area contributed by atoms with Gasteiger partial charge in [0.25, 0.3) is 0 Å². The van der Waals surface area contributed by atoms with Crippen LogP contribution in [0.4, 0.5) is 11.4 Å². The zero-order valence-corrected chi connectivity index (χ0v) is 30.3. The Morgan fingerprint density at radius 3 is 1.54 bits per heavy atom. The van der Waals surface area contributed by atoms with Crippen molar-refractivity contribution in [1.82, 2.24) is 13.7 Å². The van der Waals surface area contributed by atoms with Crippen LogP contribution < -0.4 is 0 Å². The van der Waals surface area contributed by atoms with Crippen molar-refractivity contribution in [1.29, 1.82) is 5.26 Å². The fourth-order valence-corrected chi connectivity index (χ4v) is 8.85. The fourth-order valence-electron chi connectivity index (χ4n) is 8.85. The van der Waals surface area contributed by atoms with Crippen LogP contribution in [0.1, 0.15) is 5.56 Å². The fraction of sp³-hybridized carbons (Fsp3) is 0. The molecule has 57 heavy (non-hydrogen) atoms. The summed E-state index contributed by atoms with van der Waals surface area (Å²) in [6, 6.07) is 60.4. The summed E-state index contributed by atoms with van der Waals surface area (Å²) in [5.41, 5.74) is 12.6. The summed E-state index contributed by atoms with van der Waals surface area (Å²) in [7, 11) is 0. The summed E-state index contributed by atoms with van der Waals surface area (Å²) in [5, 5.41) is 17.0. The monoisotopic (exact) mass is 724 g/mol. The summed E-state index contributed by atoms with van der Waals surface area (Å²) in [6.07, 6.45) is 0. The molecule has 0 unspecified atom stereocenters. The molecule has 0 bridgehead atoms. The minimum absolute atomic E-state index is 0.535. The van der Waals surface area contributed by atoms with Crippen LogP contribution in [0.3, 0.4) is 0 Å². The molecule has 0 spiro atoms. The van der Waals surface area contributed by atoms with Crippen molar-refractivity contribution in [2.45, 2.75) is 0 Å². The molecule has 0 saturated carbocycles. The van der Waals surface area contributed by atoms with Gasteiger partial charge in [0, 0.05) is 38.5 Å². The van der Waals surface area contributed by atoms with Crippen molar-refractivity contribution in [3.63, 3.8) is 0 Å². The third-order valence-corrected chi connectivity index (χ3v) is 11.2. The van der Waals surface area contributed by atoms with Crippen molar-refractivity contribution in [3.05, 3.63) is 198 Å². The highest BCUT2D eigenvalue weighted by atomic mass is 15.0. The van der Waals surface area contributed by atoms with Crippen LogP contribution in [0.5, 0.6) is 0 Å². The predicted octanol–water partition coefficient (Wildman–Crippen LogP) is 13.6. The van der Waals surface area contributed by atoms with Crippen molar-refractivity contribution in [2.24, 2.45) is 0 Å². The lowest BCUT2D eigenvalue weighted by Crippen LogP contribution is -2.00. The molecule has 0 aliphatic heterocycles. The van der Waals surface area contributed by atoms with Gasteiger partial charge < -0.3 is 13.7 Å². The van der Waals surface area contributed by atoms with Crippen LogP contribution in [-0.4, -0.2) is 13.7 Å². The Morgan fingerprint density at radius 1 is 0.404 bits per heavy atom. The van der Waals surface area contributed by atoms with Gasteiger partial charge in [-0.1, -0.05) is 91.0 Å². The summed E-state index contributed by atoms with van der Waals surface area (Å²) in [4.78, 5) is 7.50. The van der Waals surface area contributed by atoms with Gasteiger partial charge in [-0.3, -0.25) is 0 Å². The van der Waals surface area contributed by atoms with E-state index in [9.17, 15) is 5.26 Å². The van der Waals surface area contributed by atoms with E-state index < -0.39 is 0 Å². The Balaban J connectivity index is 1.18. The number of benzene rings is 8. The quantitative estimate of drug-likeness (QED) is 0.167. The average Bonchev–Trinajstić information content (AvgIpc) is 3.91. The minimum Gasteiger partial charge on any atom is -0.309 e. The molecule has 0 radical (unpaired) electrons. The van der Waals surface area contributed by atoms with Crippen molar-refractivity contribution in [3.8, 4) is 34.3 Å². The molecule has 0 aliphatic rings. The molecule has 3 heterocycles. The molecule has 0 atom stereocenters. The minimum atomic E-state index is 0.535. The predicted molar refractivity (Wildman–Crippen MR) is 232 cm³/mol. The summed E-state index contributed by atoms with van der Waals surface area (Å²) in [5.74, 6) is 0. The van der Waals surface area contributed by atoms with Gasteiger partial charge in [-0.15, -0.1) is 0 Å². The molecule has 262 valence electrons. The number of fused-ring (bicyclic) bond motifs is 9. The zero-order chi connectivity index (χ0) is 38.2. The zero-order valence-electron chi connectivity index (χ0n) is 30.3. The van der Waals surface area contributed by atoms with E-state index in [4.69, 9.17) is 13.1 Å². The number of nitrogens with zero attached hydrogens (tertiary/aromatic N) is 6. The molecular formula is C51H28N6.